The van der Waals surface area contributed by atoms with Crippen molar-refractivity contribution in [1.82, 2.24) is 4.98 Å². The van der Waals surface area contributed by atoms with Crippen LogP contribution in [0, 0.1) is 5.82 Å². The second kappa shape index (κ2) is 5.02. The van der Waals surface area contributed by atoms with Crippen molar-refractivity contribution in [2.24, 2.45) is 0 Å². The first-order valence-electron chi connectivity index (χ1n) is 6.57. The van der Waals surface area contributed by atoms with E-state index in [1.807, 2.05) is 0 Å². The molecule has 1 aromatic carbocycles. The summed E-state index contributed by atoms with van der Waals surface area (Å²) in [6.07, 6.45) is 1.98. The van der Waals surface area contributed by atoms with Crippen molar-refractivity contribution in [2.75, 3.05) is 6.61 Å². The zero-order chi connectivity index (χ0) is 14.3. The predicted molar refractivity (Wildman–Crippen MR) is 74.6 cm³/mol. The molecule has 0 aliphatic heterocycles. The third kappa shape index (κ3) is 2.24. The van der Waals surface area contributed by atoms with Gasteiger partial charge in [-0.15, -0.1) is 0 Å². The van der Waals surface area contributed by atoms with Gasteiger partial charge >= 0.3 is 5.97 Å². The highest BCUT2D eigenvalue weighted by Gasteiger charge is 2.32. The molecule has 0 N–H and O–H groups in total. The summed E-state index contributed by atoms with van der Waals surface area (Å²) >= 11 is 6.31. The number of rotatable bonds is 3. The van der Waals surface area contributed by atoms with E-state index in [-0.39, 0.29) is 23.1 Å². The Kier molecular flexibility index (Phi) is 3.34. The van der Waals surface area contributed by atoms with Crippen molar-refractivity contribution in [1.29, 1.82) is 0 Å². The molecule has 1 saturated carbocycles. The maximum Gasteiger partial charge on any atom is 0.341 e. The molecule has 20 heavy (non-hydrogen) atoms. The van der Waals surface area contributed by atoms with Crippen LogP contribution in [0.1, 0.15) is 41.7 Å². The fourth-order valence-electron chi connectivity index (χ4n) is 2.26. The minimum Gasteiger partial charge on any atom is -0.462 e. The number of carbonyl (C=O) groups is 1. The molecule has 0 unspecified atom stereocenters. The summed E-state index contributed by atoms with van der Waals surface area (Å²) in [6, 6.07) is 4.22. The van der Waals surface area contributed by atoms with Gasteiger partial charge in [-0.05, 0) is 38.0 Å². The number of fused-ring (bicyclic) bond motifs is 1. The van der Waals surface area contributed by atoms with E-state index in [2.05, 4.69) is 4.98 Å². The van der Waals surface area contributed by atoms with Crippen molar-refractivity contribution < 1.29 is 13.9 Å². The summed E-state index contributed by atoms with van der Waals surface area (Å²) in [4.78, 5) is 16.6. The number of hydrogen-bond donors (Lipinski definition) is 0. The van der Waals surface area contributed by atoms with E-state index in [0.29, 0.717) is 16.6 Å². The first-order valence-corrected chi connectivity index (χ1v) is 6.95. The number of hydrogen-bond acceptors (Lipinski definition) is 3. The minimum atomic E-state index is -0.488. The van der Waals surface area contributed by atoms with Crippen molar-refractivity contribution in [3.05, 3.63) is 40.3 Å². The smallest absolute Gasteiger partial charge is 0.341 e. The zero-order valence-corrected chi connectivity index (χ0v) is 11.7. The monoisotopic (exact) mass is 293 g/mol. The van der Waals surface area contributed by atoms with Crippen molar-refractivity contribution in [3.8, 4) is 0 Å². The summed E-state index contributed by atoms with van der Waals surface area (Å²) in [5, 5.41) is 0.675. The Labute approximate surface area is 120 Å². The van der Waals surface area contributed by atoms with Crippen LogP contribution in [-0.4, -0.2) is 17.6 Å². The van der Waals surface area contributed by atoms with Gasteiger partial charge in [0.15, 0.2) is 0 Å². The topological polar surface area (TPSA) is 39.2 Å². The van der Waals surface area contributed by atoms with E-state index in [9.17, 15) is 9.18 Å². The summed E-state index contributed by atoms with van der Waals surface area (Å²) < 4.78 is 18.4. The molecule has 0 atom stereocenters. The molecule has 1 aliphatic carbocycles. The normalized spacial score (nSPS) is 14.6. The summed E-state index contributed by atoms with van der Waals surface area (Å²) in [5.41, 5.74) is 1.56. The second-order valence-electron chi connectivity index (χ2n) is 4.84. The third-order valence-corrected chi connectivity index (χ3v) is 3.75. The van der Waals surface area contributed by atoms with E-state index >= 15 is 0 Å². The van der Waals surface area contributed by atoms with Crippen LogP contribution in [0.5, 0.6) is 0 Å². The lowest BCUT2D eigenvalue weighted by Gasteiger charge is -2.12. The first-order chi connectivity index (χ1) is 9.61. The van der Waals surface area contributed by atoms with E-state index in [1.54, 1.807) is 13.0 Å². The molecule has 3 rings (SSSR count). The van der Waals surface area contributed by atoms with Gasteiger partial charge < -0.3 is 4.74 Å². The summed E-state index contributed by atoms with van der Waals surface area (Å²) in [6.45, 7) is 2.00. The Morgan fingerprint density at radius 1 is 1.50 bits per heavy atom. The highest BCUT2D eigenvalue weighted by atomic mass is 35.5. The van der Waals surface area contributed by atoms with Gasteiger partial charge in [-0.2, -0.15) is 0 Å². The van der Waals surface area contributed by atoms with Gasteiger partial charge in [0.2, 0.25) is 0 Å². The van der Waals surface area contributed by atoms with E-state index < -0.39 is 11.8 Å². The molecule has 1 fully saturated rings. The van der Waals surface area contributed by atoms with Crippen LogP contribution in [0.15, 0.2) is 18.2 Å². The molecule has 0 radical (unpaired) electrons. The average molecular weight is 294 g/mol. The summed E-state index contributed by atoms with van der Waals surface area (Å²) in [5.74, 6) is -0.644. The third-order valence-electron chi connectivity index (χ3n) is 3.36. The molecule has 3 nitrogen and oxygen atoms in total. The van der Waals surface area contributed by atoms with Gasteiger partial charge in [0.1, 0.15) is 11.4 Å². The number of pyridine rings is 1. The average Bonchev–Trinajstić information content (AvgIpc) is 3.23. The van der Waals surface area contributed by atoms with Crippen molar-refractivity contribution in [2.45, 2.75) is 25.7 Å². The number of ether oxygens (including phenoxy) is 1. The molecule has 5 heteroatoms. The Morgan fingerprint density at radius 3 is 2.90 bits per heavy atom. The Bertz CT molecular complexity index is 698. The van der Waals surface area contributed by atoms with Crippen LogP contribution in [0.3, 0.4) is 0 Å². The number of nitrogens with zero attached hydrogens (tertiary/aromatic N) is 1. The fourth-order valence-corrected chi connectivity index (χ4v) is 2.59. The largest absolute Gasteiger partial charge is 0.462 e. The highest BCUT2D eigenvalue weighted by molar-refractivity contribution is 6.38. The van der Waals surface area contributed by atoms with Crippen LogP contribution in [0.4, 0.5) is 4.39 Å². The highest BCUT2D eigenvalue weighted by Crippen LogP contribution is 2.44. The number of halogens is 2. The van der Waals surface area contributed by atoms with Crippen LogP contribution in [0.25, 0.3) is 10.9 Å². The molecule has 0 bridgehead atoms. The first kappa shape index (κ1) is 13.3. The molecule has 1 heterocycles. The minimum absolute atomic E-state index is 0.231. The molecule has 2 aromatic rings. The van der Waals surface area contributed by atoms with E-state index in [4.69, 9.17) is 16.3 Å². The Balaban J connectivity index is 2.26. The number of benzene rings is 1. The SMILES string of the molecule is CCOC(=O)c1c(C2CC2)nc2ccc(F)cc2c1Cl. The van der Waals surface area contributed by atoms with Crippen LogP contribution in [-0.2, 0) is 4.74 Å². The number of carbonyl (C=O) groups excluding carboxylic acids is 1. The maximum absolute atomic E-state index is 13.4. The maximum atomic E-state index is 13.4. The lowest BCUT2D eigenvalue weighted by Crippen LogP contribution is -2.11. The molecule has 1 aromatic heterocycles. The Morgan fingerprint density at radius 2 is 2.25 bits per heavy atom. The van der Waals surface area contributed by atoms with Gasteiger partial charge in [-0.1, -0.05) is 11.6 Å². The van der Waals surface area contributed by atoms with Crippen molar-refractivity contribution >= 4 is 28.5 Å². The molecule has 1 aliphatic rings. The number of esters is 1. The van der Waals surface area contributed by atoms with Crippen LogP contribution < -0.4 is 0 Å². The van der Waals surface area contributed by atoms with E-state index in [0.717, 1.165) is 12.8 Å². The molecule has 0 spiro atoms. The van der Waals surface area contributed by atoms with Gasteiger partial charge in [0, 0.05) is 11.3 Å². The molecule has 104 valence electrons. The van der Waals surface area contributed by atoms with Crippen LogP contribution in [0.2, 0.25) is 5.02 Å². The van der Waals surface area contributed by atoms with E-state index in [1.165, 1.54) is 12.1 Å². The van der Waals surface area contributed by atoms with Gasteiger partial charge in [0.25, 0.3) is 0 Å². The molecule has 0 saturated heterocycles. The molecular formula is C15H13ClFNO2. The molecule has 0 amide bonds. The number of aromatic nitrogens is 1. The van der Waals surface area contributed by atoms with Gasteiger partial charge in [-0.3, -0.25) is 4.98 Å². The Hall–Kier alpha value is -1.68. The lowest BCUT2D eigenvalue weighted by molar-refractivity contribution is 0.0525. The predicted octanol–water partition coefficient (Wildman–Crippen LogP) is 4.08. The zero-order valence-electron chi connectivity index (χ0n) is 11.0. The van der Waals surface area contributed by atoms with Gasteiger partial charge in [0.05, 0.1) is 22.8 Å². The fraction of sp³-hybridized carbons (Fsp3) is 0.333. The quantitative estimate of drug-likeness (QED) is 0.800. The standard InChI is InChI=1S/C15H13ClFNO2/c1-2-20-15(19)12-13(16)10-7-9(17)5-6-11(10)18-14(12)8-3-4-8/h5-8H,2-4H2,1H3. The van der Waals surface area contributed by atoms with Crippen LogP contribution >= 0.6 is 11.6 Å². The lowest BCUT2D eigenvalue weighted by atomic mass is 10.1. The molecular weight excluding hydrogens is 281 g/mol. The summed E-state index contributed by atoms with van der Waals surface area (Å²) in [7, 11) is 0. The second-order valence-corrected chi connectivity index (χ2v) is 5.22. The van der Waals surface area contributed by atoms with Crippen molar-refractivity contribution in [3.63, 3.8) is 0 Å². The van der Waals surface area contributed by atoms with Gasteiger partial charge in [-0.25, -0.2) is 9.18 Å².